The van der Waals surface area contributed by atoms with Crippen LogP contribution in [-0.2, 0) is 0 Å². The molecule has 4 aromatic rings. The predicted molar refractivity (Wildman–Crippen MR) is 146 cm³/mol. The van der Waals surface area contributed by atoms with Crippen molar-refractivity contribution in [1.29, 1.82) is 0 Å². The summed E-state index contributed by atoms with van der Waals surface area (Å²) in [5.74, 6) is 0.0589. The van der Waals surface area contributed by atoms with Gasteiger partial charge >= 0.3 is 0 Å². The molecule has 0 aliphatic heterocycles. The minimum Gasteiger partial charge on any atom is -0.494 e. The monoisotopic (exact) mass is 558 g/mol. The molecule has 0 unspecified atom stereocenters. The molecule has 0 aliphatic rings. The molecule has 2 heterocycles. The zero-order valence-electron chi connectivity index (χ0n) is 21.0. The van der Waals surface area contributed by atoms with Gasteiger partial charge in [0.25, 0.3) is 5.69 Å². The van der Waals surface area contributed by atoms with Crippen molar-refractivity contribution in [3.63, 3.8) is 0 Å². The number of likely N-dealkylation sites (N-methyl/N-ethyl adjacent to an activating group) is 2. The lowest BCUT2D eigenvalue weighted by Gasteiger charge is -2.22. The van der Waals surface area contributed by atoms with Gasteiger partial charge in [0.2, 0.25) is 5.95 Å². The number of hydrogen-bond acceptors (Lipinski definition) is 11. The number of anilines is 3. The first-order valence-corrected chi connectivity index (χ1v) is 12.5. The third-order valence-electron chi connectivity index (χ3n) is 5.50. The van der Waals surface area contributed by atoms with Gasteiger partial charge in [-0.25, -0.2) is 14.4 Å². The van der Waals surface area contributed by atoms with Gasteiger partial charge in [-0.2, -0.15) is 0 Å². The zero-order valence-corrected chi connectivity index (χ0v) is 22.5. The summed E-state index contributed by atoms with van der Waals surface area (Å²) in [4.78, 5) is 24.0. The number of methoxy groups -OCH3 is 1. The summed E-state index contributed by atoms with van der Waals surface area (Å²) in [5.41, 5.74) is 1.78. The van der Waals surface area contributed by atoms with Gasteiger partial charge in [-0.05, 0) is 38.4 Å². The fraction of sp³-hybridized carbons (Fsp3) is 0.250. The van der Waals surface area contributed by atoms with Crippen molar-refractivity contribution in [1.82, 2.24) is 25.1 Å². The molecule has 0 amide bonds. The van der Waals surface area contributed by atoms with Gasteiger partial charge in [0.05, 0.1) is 22.7 Å². The smallest absolute Gasteiger partial charge is 0.294 e. The van der Waals surface area contributed by atoms with Crippen molar-refractivity contribution < 1.29 is 14.1 Å². The minimum absolute atomic E-state index is 0.00859. The molecule has 2 aromatic carbocycles. The van der Waals surface area contributed by atoms with Crippen molar-refractivity contribution >= 4 is 45.9 Å². The normalized spacial score (nSPS) is 11.0. The Morgan fingerprint density at radius 3 is 2.58 bits per heavy atom. The van der Waals surface area contributed by atoms with Crippen LogP contribution in [0.15, 0.2) is 42.6 Å². The summed E-state index contributed by atoms with van der Waals surface area (Å²) in [6, 6.07) is 9.00. The Hall–Kier alpha value is -3.94. The highest BCUT2D eigenvalue weighted by Gasteiger charge is 2.22. The number of ether oxygens (including phenoxy) is 1. The van der Waals surface area contributed by atoms with Gasteiger partial charge in [0, 0.05) is 44.0 Å². The van der Waals surface area contributed by atoms with E-state index in [9.17, 15) is 14.5 Å². The third kappa shape index (κ3) is 6.13. The van der Waals surface area contributed by atoms with Gasteiger partial charge in [0.1, 0.15) is 28.0 Å². The van der Waals surface area contributed by atoms with Crippen molar-refractivity contribution in [2.75, 3.05) is 51.6 Å². The number of nitrogens with zero attached hydrogens (tertiary/aromatic N) is 7. The molecule has 38 heavy (non-hydrogen) atoms. The number of aromatic nitrogens is 4. The molecule has 0 spiro atoms. The molecule has 11 nitrogen and oxygen atoms in total. The van der Waals surface area contributed by atoms with Crippen LogP contribution in [0.2, 0.25) is 5.02 Å². The highest BCUT2D eigenvalue weighted by Crippen LogP contribution is 2.39. The van der Waals surface area contributed by atoms with Crippen molar-refractivity contribution in [3.8, 4) is 27.0 Å². The topological polar surface area (TPSA) is 122 Å². The second-order valence-corrected chi connectivity index (χ2v) is 9.84. The molecule has 0 bridgehead atoms. The maximum absolute atomic E-state index is 13.5. The van der Waals surface area contributed by atoms with E-state index in [4.69, 9.17) is 16.3 Å². The van der Waals surface area contributed by atoms with Crippen LogP contribution in [0.1, 0.15) is 0 Å². The second-order valence-electron chi connectivity index (χ2n) is 8.45. The van der Waals surface area contributed by atoms with Crippen LogP contribution >= 0.6 is 22.9 Å². The van der Waals surface area contributed by atoms with Gasteiger partial charge < -0.3 is 19.9 Å². The zero-order chi connectivity index (χ0) is 27.4. The quantitative estimate of drug-likeness (QED) is 0.207. The average molecular weight is 559 g/mol. The van der Waals surface area contributed by atoms with Crippen LogP contribution in [0.5, 0.6) is 5.75 Å². The number of nitro groups is 1. The molecule has 1 N–H and O–H groups in total. The lowest BCUT2D eigenvalue weighted by atomic mass is 10.2. The van der Waals surface area contributed by atoms with E-state index < -0.39 is 10.7 Å². The van der Waals surface area contributed by atoms with Crippen molar-refractivity contribution in [2.24, 2.45) is 0 Å². The second kappa shape index (κ2) is 11.6. The molecule has 0 saturated carbocycles. The van der Waals surface area contributed by atoms with E-state index in [1.165, 1.54) is 42.8 Å². The Kier molecular flexibility index (Phi) is 8.29. The molecule has 0 radical (unpaired) electrons. The molecule has 0 saturated heterocycles. The van der Waals surface area contributed by atoms with Crippen LogP contribution < -0.4 is 15.0 Å². The third-order valence-corrected chi connectivity index (χ3v) is 6.78. The summed E-state index contributed by atoms with van der Waals surface area (Å²) in [7, 11) is 7.15. The molecule has 14 heteroatoms. The summed E-state index contributed by atoms with van der Waals surface area (Å²) in [6.07, 6.45) is 1.53. The van der Waals surface area contributed by atoms with Gasteiger partial charge in [0.15, 0.2) is 5.01 Å². The lowest BCUT2D eigenvalue weighted by Crippen LogP contribution is -2.28. The maximum Gasteiger partial charge on any atom is 0.294 e. The van der Waals surface area contributed by atoms with Crippen LogP contribution in [0.4, 0.5) is 27.4 Å². The van der Waals surface area contributed by atoms with Crippen LogP contribution in [0, 0.1) is 15.9 Å². The maximum atomic E-state index is 13.5. The van der Waals surface area contributed by atoms with Crippen molar-refractivity contribution in [3.05, 3.63) is 63.5 Å². The summed E-state index contributed by atoms with van der Waals surface area (Å²) >= 11 is 7.14. The fourth-order valence-corrected chi connectivity index (χ4v) is 4.47. The Bertz CT molecular complexity index is 1470. The average Bonchev–Trinajstić information content (AvgIpc) is 3.39. The van der Waals surface area contributed by atoms with E-state index in [0.29, 0.717) is 44.9 Å². The van der Waals surface area contributed by atoms with E-state index in [-0.39, 0.29) is 16.7 Å². The van der Waals surface area contributed by atoms with Gasteiger partial charge in [-0.1, -0.05) is 22.9 Å². The van der Waals surface area contributed by atoms with Gasteiger partial charge in [-0.3, -0.25) is 10.1 Å². The largest absolute Gasteiger partial charge is 0.494 e. The molecule has 4 rings (SSSR count). The standard InChI is InChI=1S/C24H24ClFN8O3S/c1-32(2)9-10-33(3)19-13-21(37-4)18(12-20(19)34(35)36)29-24-27-8-7-17(28-24)23-31-30-22(38-23)14-5-6-16(26)15(25)11-14/h5-8,11-13H,9-10H2,1-4H3,(H,27,28,29). The van der Waals surface area contributed by atoms with Gasteiger partial charge in [-0.15, -0.1) is 10.2 Å². The number of rotatable bonds is 10. The molecular formula is C24H24ClFN8O3S. The first kappa shape index (κ1) is 27.1. The van der Waals surface area contributed by atoms with E-state index in [1.54, 1.807) is 25.2 Å². The highest BCUT2D eigenvalue weighted by molar-refractivity contribution is 7.17. The summed E-state index contributed by atoms with van der Waals surface area (Å²) in [6.45, 7) is 1.31. The molecule has 0 atom stereocenters. The van der Waals surface area contributed by atoms with E-state index in [1.807, 2.05) is 23.9 Å². The van der Waals surface area contributed by atoms with E-state index in [0.717, 1.165) is 6.54 Å². The molecule has 2 aromatic heterocycles. The number of benzene rings is 2. The number of nitro benzene ring substituents is 1. The molecule has 198 valence electrons. The number of halogens is 2. The first-order valence-electron chi connectivity index (χ1n) is 11.3. The number of hydrogen-bond donors (Lipinski definition) is 1. The SMILES string of the molecule is COc1cc(N(C)CCN(C)C)c([N+](=O)[O-])cc1Nc1nccc(-c2nnc(-c3ccc(F)c(Cl)c3)s2)n1. The molecular weight excluding hydrogens is 535 g/mol. The van der Waals surface area contributed by atoms with Crippen LogP contribution in [0.25, 0.3) is 21.3 Å². The lowest BCUT2D eigenvalue weighted by molar-refractivity contribution is -0.384. The predicted octanol–water partition coefficient (Wildman–Crippen LogP) is 5.11. The molecule has 0 fully saturated rings. The van der Waals surface area contributed by atoms with E-state index >= 15 is 0 Å². The molecule has 0 aliphatic carbocycles. The Morgan fingerprint density at radius 2 is 1.89 bits per heavy atom. The minimum atomic E-state index is -0.518. The summed E-state index contributed by atoms with van der Waals surface area (Å²) < 4.78 is 19.0. The van der Waals surface area contributed by atoms with Crippen LogP contribution in [0.3, 0.4) is 0 Å². The highest BCUT2D eigenvalue weighted by atomic mass is 35.5. The fourth-order valence-electron chi connectivity index (χ4n) is 3.48. The Labute approximate surface area is 227 Å². The van der Waals surface area contributed by atoms with Crippen molar-refractivity contribution in [2.45, 2.75) is 0 Å². The Morgan fingerprint density at radius 1 is 1.13 bits per heavy atom. The Balaban J connectivity index is 1.62. The summed E-state index contributed by atoms with van der Waals surface area (Å²) in [5, 5.41) is 24.3. The first-order chi connectivity index (χ1) is 18.2. The van der Waals surface area contributed by atoms with Crippen LogP contribution in [-0.4, -0.2) is 71.3 Å². The number of nitrogens with one attached hydrogen (secondary N) is 1. The van der Waals surface area contributed by atoms with E-state index in [2.05, 4.69) is 25.5 Å².